The summed E-state index contributed by atoms with van der Waals surface area (Å²) in [5, 5.41) is 0. The molecule has 0 saturated carbocycles. The minimum absolute atomic E-state index is 0.00171. The second-order valence-corrected chi connectivity index (χ2v) is 6.14. The Balaban J connectivity index is 2.37. The van der Waals surface area contributed by atoms with Crippen LogP contribution in [0.4, 0.5) is 10.1 Å². The number of anilines is 1. The Morgan fingerprint density at radius 3 is 2.53 bits per heavy atom. The Labute approximate surface area is 117 Å². The lowest BCUT2D eigenvalue weighted by molar-refractivity contribution is 0.603. The van der Waals surface area contributed by atoms with Gasteiger partial charge in [0.05, 0.1) is 11.7 Å². The quantitative estimate of drug-likeness (QED) is 0.925. The van der Waals surface area contributed by atoms with Gasteiger partial charge in [-0.15, -0.1) is 11.3 Å². The van der Waals surface area contributed by atoms with E-state index < -0.39 is 0 Å². The third-order valence-electron chi connectivity index (χ3n) is 3.36. The van der Waals surface area contributed by atoms with Gasteiger partial charge in [0.1, 0.15) is 5.82 Å². The highest BCUT2D eigenvalue weighted by Gasteiger charge is 2.21. The average molecular weight is 278 g/mol. The molecule has 102 valence electrons. The van der Waals surface area contributed by atoms with Gasteiger partial charge in [0, 0.05) is 23.3 Å². The fraction of sp³-hybridized carbons (Fsp3) is 0.333. The van der Waals surface area contributed by atoms with Gasteiger partial charge >= 0.3 is 0 Å². The summed E-state index contributed by atoms with van der Waals surface area (Å²) in [6.45, 7) is 4.63. The number of benzene rings is 1. The Hall–Kier alpha value is -1.39. The van der Waals surface area contributed by atoms with E-state index in [0.717, 1.165) is 0 Å². The first-order valence-electron chi connectivity index (χ1n) is 6.29. The van der Waals surface area contributed by atoms with E-state index in [1.54, 1.807) is 23.5 Å². The van der Waals surface area contributed by atoms with E-state index in [-0.39, 0.29) is 11.9 Å². The van der Waals surface area contributed by atoms with Crippen LogP contribution in [0.3, 0.4) is 0 Å². The summed E-state index contributed by atoms with van der Waals surface area (Å²) in [4.78, 5) is 4.42. The molecule has 2 rings (SSSR count). The molecule has 2 N–H and O–H groups in total. The number of nitrogens with two attached hydrogens (primary N) is 1. The van der Waals surface area contributed by atoms with Crippen molar-refractivity contribution >= 4 is 17.0 Å². The second kappa shape index (κ2) is 5.72. The molecule has 1 unspecified atom stereocenters. The number of hydrogen-bond donors (Lipinski definition) is 1. The first kappa shape index (κ1) is 14.0. The van der Waals surface area contributed by atoms with Gasteiger partial charge in [0.15, 0.2) is 0 Å². The lowest BCUT2D eigenvalue weighted by Gasteiger charge is -2.29. The summed E-state index contributed by atoms with van der Waals surface area (Å²) < 4.78 is 13.9. The average Bonchev–Trinajstić information content (AvgIpc) is 2.70. The fourth-order valence-electron chi connectivity index (χ4n) is 2.38. The van der Waals surface area contributed by atoms with E-state index in [1.165, 1.54) is 21.4 Å². The number of aryl methyl sites for hydroxylation is 2. The van der Waals surface area contributed by atoms with Crippen LogP contribution in [0.2, 0.25) is 0 Å². The highest BCUT2D eigenvalue weighted by Crippen LogP contribution is 2.32. The molecule has 1 heterocycles. The molecule has 1 aromatic heterocycles. The molecule has 4 heteroatoms. The number of hydrogen-bond acceptors (Lipinski definition) is 3. The molecule has 0 amide bonds. The third-order valence-corrected chi connectivity index (χ3v) is 4.34. The molecule has 2 aromatic rings. The monoisotopic (exact) mass is 278 g/mol. The highest BCUT2D eigenvalue weighted by molar-refractivity contribution is 7.12. The van der Waals surface area contributed by atoms with Gasteiger partial charge < -0.3 is 10.6 Å². The standard InChI is InChI=1S/C15H19FN2S/c1-10-8-12(11(2)19-10)15(9-17)18(3)14-7-5-4-6-13(14)16/h4-8,15H,9,17H2,1-3H3. The summed E-state index contributed by atoms with van der Waals surface area (Å²) in [6, 6.07) is 8.95. The lowest BCUT2D eigenvalue weighted by Crippen LogP contribution is -2.31. The summed E-state index contributed by atoms with van der Waals surface area (Å²) >= 11 is 1.75. The topological polar surface area (TPSA) is 29.3 Å². The van der Waals surface area contributed by atoms with E-state index in [4.69, 9.17) is 5.73 Å². The third kappa shape index (κ3) is 2.80. The van der Waals surface area contributed by atoms with Crippen molar-refractivity contribution < 1.29 is 4.39 Å². The van der Waals surface area contributed by atoms with Crippen LogP contribution in [0.5, 0.6) is 0 Å². The van der Waals surface area contributed by atoms with E-state index >= 15 is 0 Å². The van der Waals surface area contributed by atoms with Crippen LogP contribution in [0, 0.1) is 19.7 Å². The molecule has 0 spiro atoms. The molecule has 0 radical (unpaired) electrons. The Kier molecular flexibility index (Phi) is 4.22. The largest absolute Gasteiger partial charge is 0.364 e. The van der Waals surface area contributed by atoms with E-state index in [1.807, 2.05) is 18.0 Å². The van der Waals surface area contributed by atoms with Crippen LogP contribution in [0.1, 0.15) is 21.4 Å². The van der Waals surface area contributed by atoms with Crippen LogP contribution in [0.25, 0.3) is 0 Å². The van der Waals surface area contributed by atoms with Gasteiger partial charge in [-0.2, -0.15) is 0 Å². The van der Waals surface area contributed by atoms with Crippen LogP contribution >= 0.6 is 11.3 Å². The molecule has 0 saturated heterocycles. The van der Waals surface area contributed by atoms with Crippen molar-refractivity contribution in [2.75, 3.05) is 18.5 Å². The molecule has 0 aliphatic heterocycles. The summed E-state index contributed by atoms with van der Waals surface area (Å²) in [7, 11) is 1.89. The molecule has 0 aliphatic carbocycles. The number of halogens is 1. The van der Waals surface area contributed by atoms with Crippen LogP contribution in [-0.2, 0) is 0 Å². The SMILES string of the molecule is Cc1cc(C(CN)N(C)c2ccccc2F)c(C)s1. The number of rotatable bonds is 4. The number of likely N-dealkylation sites (N-methyl/N-ethyl adjacent to an activating group) is 1. The zero-order valence-corrected chi connectivity index (χ0v) is 12.3. The number of para-hydroxylation sites is 1. The number of nitrogens with zero attached hydrogens (tertiary/aromatic N) is 1. The summed E-state index contributed by atoms with van der Waals surface area (Å²) in [5.74, 6) is -0.215. The second-order valence-electron chi connectivity index (χ2n) is 4.68. The van der Waals surface area contributed by atoms with Gasteiger partial charge in [-0.1, -0.05) is 12.1 Å². The van der Waals surface area contributed by atoms with Crippen molar-refractivity contribution in [2.45, 2.75) is 19.9 Å². The maximum Gasteiger partial charge on any atom is 0.146 e. The summed E-state index contributed by atoms with van der Waals surface area (Å²) in [5.41, 5.74) is 7.69. The highest BCUT2D eigenvalue weighted by atomic mass is 32.1. The molecule has 19 heavy (non-hydrogen) atoms. The van der Waals surface area contributed by atoms with Crippen LogP contribution in [-0.4, -0.2) is 13.6 Å². The molecule has 0 aliphatic rings. The lowest BCUT2D eigenvalue weighted by atomic mass is 10.1. The van der Waals surface area contributed by atoms with Crippen molar-refractivity contribution in [1.29, 1.82) is 0 Å². The van der Waals surface area contributed by atoms with Crippen LogP contribution in [0.15, 0.2) is 30.3 Å². The molecule has 1 aromatic carbocycles. The minimum Gasteiger partial charge on any atom is -0.364 e. The van der Waals surface area contributed by atoms with E-state index in [9.17, 15) is 4.39 Å². The molecule has 1 atom stereocenters. The molecule has 0 bridgehead atoms. The predicted octanol–water partition coefficient (Wildman–Crippen LogP) is 3.64. The van der Waals surface area contributed by atoms with E-state index in [0.29, 0.717) is 12.2 Å². The van der Waals surface area contributed by atoms with Gasteiger partial charge in [0.2, 0.25) is 0 Å². The normalized spacial score (nSPS) is 12.5. The first-order valence-corrected chi connectivity index (χ1v) is 7.10. The van der Waals surface area contributed by atoms with Crippen molar-refractivity contribution in [1.82, 2.24) is 0 Å². The Bertz CT molecular complexity index is 565. The zero-order chi connectivity index (χ0) is 14.0. The van der Waals surface area contributed by atoms with Gasteiger partial charge in [-0.05, 0) is 37.6 Å². The smallest absolute Gasteiger partial charge is 0.146 e. The van der Waals surface area contributed by atoms with Crippen molar-refractivity contribution in [3.05, 3.63) is 51.5 Å². The maximum atomic E-state index is 13.9. The minimum atomic E-state index is -0.215. The van der Waals surface area contributed by atoms with Crippen molar-refractivity contribution in [3.63, 3.8) is 0 Å². The van der Waals surface area contributed by atoms with Gasteiger partial charge in [0.25, 0.3) is 0 Å². The van der Waals surface area contributed by atoms with E-state index in [2.05, 4.69) is 19.9 Å². The first-order chi connectivity index (χ1) is 9.04. The molecule has 2 nitrogen and oxygen atoms in total. The van der Waals surface area contributed by atoms with Crippen molar-refractivity contribution in [3.8, 4) is 0 Å². The summed E-state index contributed by atoms with van der Waals surface area (Å²) in [6.07, 6.45) is 0. The molecule has 0 fully saturated rings. The van der Waals surface area contributed by atoms with Crippen LogP contribution < -0.4 is 10.6 Å². The molecular weight excluding hydrogens is 259 g/mol. The molecular formula is C15H19FN2S. The Morgan fingerprint density at radius 2 is 2.00 bits per heavy atom. The zero-order valence-electron chi connectivity index (χ0n) is 11.5. The predicted molar refractivity (Wildman–Crippen MR) is 80.4 cm³/mol. The van der Waals surface area contributed by atoms with Crippen molar-refractivity contribution in [2.24, 2.45) is 5.73 Å². The number of thiophene rings is 1. The fourth-order valence-corrected chi connectivity index (χ4v) is 3.36. The maximum absolute atomic E-state index is 13.9. The Morgan fingerprint density at radius 1 is 1.32 bits per heavy atom. The van der Waals surface area contributed by atoms with Gasteiger partial charge in [-0.3, -0.25) is 0 Å². The van der Waals surface area contributed by atoms with Gasteiger partial charge in [-0.25, -0.2) is 4.39 Å².